The standard InChI is InChI=1S/C13H17NO5S/c1-8-3-4-9(13(16)19-2)5-12(8)20(17,18)14-10-6-11(15)7-10/h3-5,10-11,14-15H,6-7H2,1-2H3. The van der Waals surface area contributed by atoms with E-state index in [9.17, 15) is 18.3 Å². The molecular formula is C13H17NO5S. The van der Waals surface area contributed by atoms with Gasteiger partial charge in [0.25, 0.3) is 0 Å². The van der Waals surface area contributed by atoms with Gasteiger partial charge in [0.1, 0.15) is 0 Å². The maximum atomic E-state index is 12.3. The zero-order valence-corrected chi connectivity index (χ0v) is 12.1. The number of sulfonamides is 1. The third-order valence-electron chi connectivity index (χ3n) is 3.33. The van der Waals surface area contributed by atoms with Crippen LogP contribution in [0.2, 0.25) is 0 Å². The highest BCUT2D eigenvalue weighted by Crippen LogP contribution is 2.24. The van der Waals surface area contributed by atoms with Crippen LogP contribution in [0, 0.1) is 6.92 Å². The molecule has 1 aromatic rings. The predicted molar refractivity (Wildman–Crippen MR) is 71.9 cm³/mol. The van der Waals surface area contributed by atoms with E-state index in [0.29, 0.717) is 18.4 Å². The average Bonchev–Trinajstić information content (AvgIpc) is 2.36. The first kappa shape index (κ1) is 15.0. The van der Waals surface area contributed by atoms with Crippen LogP contribution < -0.4 is 4.72 Å². The number of hydrogen-bond acceptors (Lipinski definition) is 5. The van der Waals surface area contributed by atoms with Crippen LogP contribution in [0.1, 0.15) is 28.8 Å². The summed E-state index contributed by atoms with van der Waals surface area (Å²) in [6.07, 6.45) is 0.384. The monoisotopic (exact) mass is 299 g/mol. The molecule has 1 aromatic carbocycles. The Labute approximate surface area is 117 Å². The van der Waals surface area contributed by atoms with Crippen LogP contribution in [0.3, 0.4) is 0 Å². The maximum Gasteiger partial charge on any atom is 0.337 e. The van der Waals surface area contributed by atoms with Crippen molar-refractivity contribution >= 4 is 16.0 Å². The highest BCUT2D eigenvalue weighted by Gasteiger charge is 2.32. The molecule has 1 aliphatic rings. The summed E-state index contributed by atoms with van der Waals surface area (Å²) in [6.45, 7) is 1.66. The lowest BCUT2D eigenvalue weighted by atomic mass is 9.91. The molecule has 0 aliphatic heterocycles. The zero-order chi connectivity index (χ0) is 14.9. The fraction of sp³-hybridized carbons (Fsp3) is 0.462. The van der Waals surface area contributed by atoms with Gasteiger partial charge in [-0.3, -0.25) is 0 Å². The van der Waals surface area contributed by atoms with Crippen molar-refractivity contribution in [3.05, 3.63) is 29.3 Å². The molecule has 0 saturated heterocycles. The molecule has 0 amide bonds. The van der Waals surface area contributed by atoms with E-state index < -0.39 is 22.1 Å². The molecule has 0 unspecified atom stereocenters. The van der Waals surface area contributed by atoms with E-state index in [4.69, 9.17) is 0 Å². The Morgan fingerprint density at radius 2 is 2.05 bits per heavy atom. The molecule has 7 heteroatoms. The van der Waals surface area contributed by atoms with Gasteiger partial charge in [-0.1, -0.05) is 6.07 Å². The summed E-state index contributed by atoms with van der Waals surface area (Å²) in [6, 6.07) is 4.14. The van der Waals surface area contributed by atoms with Crippen molar-refractivity contribution in [2.75, 3.05) is 7.11 Å². The van der Waals surface area contributed by atoms with E-state index in [1.165, 1.54) is 19.2 Å². The van der Waals surface area contributed by atoms with Gasteiger partial charge < -0.3 is 9.84 Å². The average molecular weight is 299 g/mol. The molecular weight excluding hydrogens is 282 g/mol. The maximum absolute atomic E-state index is 12.3. The molecule has 110 valence electrons. The Morgan fingerprint density at radius 3 is 2.60 bits per heavy atom. The fourth-order valence-corrected chi connectivity index (χ4v) is 3.63. The summed E-state index contributed by atoms with van der Waals surface area (Å²) in [5.74, 6) is -0.583. The van der Waals surface area contributed by atoms with Crippen LogP contribution in [0.25, 0.3) is 0 Å². The summed E-state index contributed by atoms with van der Waals surface area (Å²) in [5.41, 5.74) is 0.733. The number of benzene rings is 1. The Kier molecular flexibility index (Phi) is 4.12. The molecule has 1 saturated carbocycles. The quantitative estimate of drug-likeness (QED) is 0.794. The lowest BCUT2D eigenvalue weighted by molar-refractivity contribution is 0.0600. The Morgan fingerprint density at radius 1 is 1.40 bits per heavy atom. The number of methoxy groups -OCH3 is 1. The molecule has 20 heavy (non-hydrogen) atoms. The van der Waals surface area contributed by atoms with Crippen LogP contribution >= 0.6 is 0 Å². The molecule has 1 fully saturated rings. The molecule has 1 aliphatic carbocycles. The Hall–Kier alpha value is -1.44. The van der Waals surface area contributed by atoms with Gasteiger partial charge in [-0.2, -0.15) is 0 Å². The van der Waals surface area contributed by atoms with Gasteiger partial charge in [-0.15, -0.1) is 0 Å². The van der Waals surface area contributed by atoms with E-state index in [2.05, 4.69) is 9.46 Å². The highest BCUT2D eigenvalue weighted by atomic mass is 32.2. The Bertz CT molecular complexity index is 620. The van der Waals surface area contributed by atoms with Crippen molar-refractivity contribution < 1.29 is 23.1 Å². The third kappa shape index (κ3) is 3.00. The third-order valence-corrected chi connectivity index (χ3v) is 5.00. The SMILES string of the molecule is COC(=O)c1ccc(C)c(S(=O)(=O)NC2CC(O)C2)c1. The van der Waals surface area contributed by atoms with Crippen molar-refractivity contribution in [3.63, 3.8) is 0 Å². The van der Waals surface area contributed by atoms with Crippen molar-refractivity contribution in [1.29, 1.82) is 0 Å². The van der Waals surface area contributed by atoms with Crippen LogP contribution in [0.5, 0.6) is 0 Å². The van der Waals surface area contributed by atoms with Crippen molar-refractivity contribution in [1.82, 2.24) is 4.72 Å². The van der Waals surface area contributed by atoms with E-state index >= 15 is 0 Å². The number of aliphatic hydroxyl groups is 1. The van der Waals surface area contributed by atoms with Crippen LogP contribution in [0.15, 0.2) is 23.1 Å². The molecule has 0 heterocycles. The first-order valence-electron chi connectivity index (χ1n) is 6.23. The van der Waals surface area contributed by atoms with E-state index in [1.807, 2.05) is 0 Å². The highest BCUT2D eigenvalue weighted by molar-refractivity contribution is 7.89. The first-order valence-corrected chi connectivity index (χ1v) is 7.71. The van der Waals surface area contributed by atoms with Crippen LogP contribution in [-0.2, 0) is 14.8 Å². The molecule has 0 aromatic heterocycles. The number of carbonyl (C=O) groups is 1. The van der Waals surface area contributed by atoms with Crippen LogP contribution in [-0.4, -0.2) is 38.7 Å². The lowest BCUT2D eigenvalue weighted by Crippen LogP contribution is -2.46. The van der Waals surface area contributed by atoms with E-state index in [-0.39, 0.29) is 16.5 Å². The number of carbonyl (C=O) groups excluding carboxylic acids is 1. The molecule has 0 spiro atoms. The van der Waals surface area contributed by atoms with Crippen molar-refractivity contribution in [3.8, 4) is 0 Å². The predicted octanol–water partition coefficient (Wildman–Crippen LogP) is 0.583. The number of ether oxygens (including phenoxy) is 1. The molecule has 0 bridgehead atoms. The molecule has 2 N–H and O–H groups in total. The van der Waals surface area contributed by atoms with E-state index in [0.717, 1.165) is 0 Å². The minimum atomic E-state index is -3.71. The Balaban J connectivity index is 2.28. The number of nitrogens with one attached hydrogen (secondary N) is 1. The van der Waals surface area contributed by atoms with Gasteiger partial charge >= 0.3 is 5.97 Å². The molecule has 0 atom stereocenters. The minimum absolute atomic E-state index is 0.0572. The van der Waals surface area contributed by atoms with Gasteiger partial charge in [-0.25, -0.2) is 17.9 Å². The topological polar surface area (TPSA) is 92.7 Å². The minimum Gasteiger partial charge on any atom is -0.465 e. The molecule has 2 rings (SSSR count). The number of aryl methyl sites for hydroxylation is 1. The van der Waals surface area contributed by atoms with Crippen molar-refractivity contribution in [2.45, 2.75) is 36.8 Å². The second-order valence-electron chi connectivity index (χ2n) is 4.92. The summed E-state index contributed by atoms with van der Waals surface area (Å²) < 4.78 is 31.7. The summed E-state index contributed by atoms with van der Waals surface area (Å²) in [5, 5.41) is 9.19. The number of hydrogen-bond donors (Lipinski definition) is 2. The summed E-state index contributed by atoms with van der Waals surface area (Å²) in [4.78, 5) is 11.5. The van der Waals surface area contributed by atoms with Gasteiger partial charge in [0, 0.05) is 6.04 Å². The first-order chi connectivity index (χ1) is 9.33. The number of aliphatic hydroxyl groups excluding tert-OH is 1. The lowest BCUT2D eigenvalue weighted by Gasteiger charge is -2.31. The molecule has 0 radical (unpaired) electrons. The largest absolute Gasteiger partial charge is 0.465 e. The van der Waals surface area contributed by atoms with Gasteiger partial charge in [0.05, 0.1) is 23.7 Å². The smallest absolute Gasteiger partial charge is 0.337 e. The van der Waals surface area contributed by atoms with Crippen molar-refractivity contribution in [2.24, 2.45) is 0 Å². The van der Waals surface area contributed by atoms with Gasteiger partial charge in [0.15, 0.2) is 0 Å². The second kappa shape index (κ2) is 5.51. The number of esters is 1. The van der Waals surface area contributed by atoms with E-state index in [1.54, 1.807) is 13.0 Å². The van der Waals surface area contributed by atoms with Gasteiger partial charge in [0.2, 0.25) is 10.0 Å². The number of rotatable bonds is 4. The second-order valence-corrected chi connectivity index (χ2v) is 6.60. The van der Waals surface area contributed by atoms with Crippen LogP contribution in [0.4, 0.5) is 0 Å². The normalized spacial score (nSPS) is 22.1. The molecule has 6 nitrogen and oxygen atoms in total. The fourth-order valence-electron chi connectivity index (χ4n) is 2.10. The van der Waals surface area contributed by atoms with Gasteiger partial charge in [-0.05, 0) is 37.5 Å². The zero-order valence-electron chi connectivity index (χ0n) is 11.3. The summed E-state index contributed by atoms with van der Waals surface area (Å²) in [7, 11) is -2.47. The summed E-state index contributed by atoms with van der Waals surface area (Å²) >= 11 is 0.